The fourth-order valence-corrected chi connectivity index (χ4v) is 5.00. The van der Waals surface area contributed by atoms with Gasteiger partial charge in [0.25, 0.3) is 11.8 Å². The van der Waals surface area contributed by atoms with Crippen LogP contribution in [0.25, 0.3) is 0 Å². The predicted molar refractivity (Wildman–Crippen MR) is 148 cm³/mol. The maximum absolute atomic E-state index is 15.3. The number of allylic oxidation sites excluding steroid dienone is 1. The van der Waals surface area contributed by atoms with Crippen molar-refractivity contribution in [1.29, 1.82) is 0 Å². The van der Waals surface area contributed by atoms with E-state index in [1.807, 2.05) is 5.32 Å². The quantitative estimate of drug-likeness (QED) is 0.339. The van der Waals surface area contributed by atoms with Crippen molar-refractivity contribution in [2.75, 3.05) is 27.9 Å². The van der Waals surface area contributed by atoms with Crippen LogP contribution >= 0.6 is 0 Å². The maximum atomic E-state index is 15.3. The average molecular weight is 583 g/mol. The third-order valence-corrected chi connectivity index (χ3v) is 7.09. The summed E-state index contributed by atoms with van der Waals surface area (Å²) in [6.07, 6.45) is -5.19. The van der Waals surface area contributed by atoms with E-state index < -0.39 is 34.9 Å². The second kappa shape index (κ2) is 12.0. The van der Waals surface area contributed by atoms with Gasteiger partial charge in [-0.2, -0.15) is 13.2 Å². The molecule has 11 heteroatoms. The Morgan fingerprint density at radius 1 is 0.857 bits per heavy atom. The van der Waals surface area contributed by atoms with E-state index in [1.54, 1.807) is 36.4 Å². The third-order valence-electron chi connectivity index (χ3n) is 7.09. The van der Waals surface area contributed by atoms with Gasteiger partial charge in [-0.15, -0.1) is 0 Å². The number of ether oxygens (including phenoxy) is 3. The number of methoxy groups -OCH3 is 3. The Hall–Kier alpha value is -4.80. The minimum atomic E-state index is -5.40. The highest BCUT2D eigenvalue weighted by atomic mass is 19.4. The number of nitrogens with one attached hydrogen (secondary N) is 1. The smallest absolute Gasteiger partial charge is 0.425 e. The van der Waals surface area contributed by atoms with Crippen LogP contribution in [-0.2, 0) is 11.2 Å². The number of hydrogen-bond donors (Lipinski definition) is 1. The van der Waals surface area contributed by atoms with Crippen molar-refractivity contribution in [3.05, 3.63) is 101 Å². The monoisotopic (exact) mass is 582 g/mol. The van der Waals surface area contributed by atoms with Crippen LogP contribution in [-0.4, -0.2) is 62.1 Å². The van der Waals surface area contributed by atoms with Crippen LogP contribution in [0.4, 0.5) is 13.2 Å². The lowest BCUT2D eigenvalue weighted by atomic mass is 9.84. The number of nitrogens with zero attached hydrogens (tertiary/aromatic N) is 1. The highest BCUT2D eigenvalue weighted by Crippen LogP contribution is 2.46. The van der Waals surface area contributed by atoms with Crippen LogP contribution in [0.1, 0.15) is 33.2 Å². The molecule has 0 spiro atoms. The van der Waals surface area contributed by atoms with E-state index in [0.717, 1.165) is 22.6 Å². The Bertz CT molecular complexity index is 1500. The van der Waals surface area contributed by atoms with Crippen molar-refractivity contribution in [2.45, 2.75) is 25.1 Å². The first-order valence-corrected chi connectivity index (χ1v) is 12.9. The largest absolute Gasteiger partial charge is 0.493 e. The second-order valence-electron chi connectivity index (χ2n) is 9.46. The predicted octanol–water partition coefficient (Wildman–Crippen LogP) is 4.99. The number of rotatable bonds is 10. The molecule has 1 aliphatic rings. The van der Waals surface area contributed by atoms with Gasteiger partial charge in [-0.05, 0) is 31.0 Å². The molecule has 2 amide bonds. The molecule has 0 bridgehead atoms. The molecule has 3 aromatic carbocycles. The minimum absolute atomic E-state index is 0.0117. The molecule has 0 aliphatic carbocycles. The van der Waals surface area contributed by atoms with Gasteiger partial charge in [0.05, 0.1) is 26.9 Å². The number of benzene rings is 3. The molecule has 1 aliphatic heterocycles. The van der Waals surface area contributed by atoms with E-state index >= 15 is 13.2 Å². The number of Topliss-reactive ketones (excluding diaryl/α,β-unsaturated/α-hetero) is 1. The molecule has 8 nitrogen and oxygen atoms in total. The number of carbonyl (C=O) groups is 3. The maximum Gasteiger partial charge on any atom is 0.425 e. The number of hydrogen-bond acceptors (Lipinski definition) is 6. The topological polar surface area (TPSA) is 94.2 Å². The number of carbonyl (C=O) groups excluding carboxylic acids is 3. The highest BCUT2D eigenvalue weighted by molar-refractivity contribution is 6.19. The van der Waals surface area contributed by atoms with Crippen LogP contribution in [0.3, 0.4) is 0 Å². The van der Waals surface area contributed by atoms with Crippen molar-refractivity contribution < 1.29 is 41.8 Å². The van der Waals surface area contributed by atoms with Crippen LogP contribution in [0.2, 0.25) is 0 Å². The van der Waals surface area contributed by atoms with Gasteiger partial charge in [0.2, 0.25) is 11.3 Å². The van der Waals surface area contributed by atoms with Gasteiger partial charge in [-0.3, -0.25) is 14.4 Å². The van der Waals surface area contributed by atoms with Crippen LogP contribution < -0.4 is 19.5 Å². The summed E-state index contributed by atoms with van der Waals surface area (Å²) in [6.45, 7) is 1.12. The molecule has 42 heavy (non-hydrogen) atoms. The Morgan fingerprint density at radius 3 is 1.90 bits per heavy atom. The molecule has 0 radical (unpaired) electrons. The van der Waals surface area contributed by atoms with Gasteiger partial charge in [0, 0.05) is 23.4 Å². The van der Waals surface area contributed by atoms with Crippen LogP contribution in [0.15, 0.2) is 84.1 Å². The lowest BCUT2D eigenvalue weighted by Gasteiger charge is -2.33. The zero-order chi connectivity index (χ0) is 30.7. The molecule has 1 atom stereocenters. The summed E-state index contributed by atoms with van der Waals surface area (Å²) in [6, 6.07) is 18.5. The average Bonchev–Trinajstić information content (AvgIpc) is 3.21. The second-order valence-corrected chi connectivity index (χ2v) is 9.46. The summed E-state index contributed by atoms with van der Waals surface area (Å²) in [4.78, 5) is 42.1. The number of amides is 2. The number of halogens is 3. The lowest BCUT2D eigenvalue weighted by molar-refractivity contribution is -0.189. The van der Waals surface area contributed by atoms with Crippen molar-refractivity contribution in [3.8, 4) is 17.2 Å². The van der Waals surface area contributed by atoms with Crippen LogP contribution in [0, 0.1) is 0 Å². The van der Waals surface area contributed by atoms with E-state index in [9.17, 15) is 14.4 Å². The van der Waals surface area contributed by atoms with Crippen molar-refractivity contribution in [1.82, 2.24) is 10.2 Å². The molecule has 0 fully saturated rings. The molecule has 220 valence electrons. The first-order valence-electron chi connectivity index (χ1n) is 12.9. The van der Waals surface area contributed by atoms with E-state index in [-0.39, 0.29) is 47.0 Å². The Labute approximate surface area is 240 Å². The molecule has 0 saturated heterocycles. The summed E-state index contributed by atoms with van der Waals surface area (Å²) in [5.41, 5.74) is -4.35. The zero-order valence-corrected chi connectivity index (χ0v) is 23.4. The minimum Gasteiger partial charge on any atom is -0.493 e. The third kappa shape index (κ3) is 5.29. The summed E-state index contributed by atoms with van der Waals surface area (Å²) in [5.74, 6) is -3.66. The van der Waals surface area contributed by atoms with Gasteiger partial charge < -0.3 is 24.4 Å². The Balaban J connectivity index is 1.86. The first kappa shape index (κ1) is 30.2. The van der Waals surface area contributed by atoms with Gasteiger partial charge in [-0.1, -0.05) is 60.7 Å². The van der Waals surface area contributed by atoms with E-state index in [1.165, 1.54) is 52.5 Å². The first-order chi connectivity index (χ1) is 20.0. The lowest BCUT2D eigenvalue weighted by Crippen LogP contribution is -2.66. The standard InChI is InChI=1S/C31H29F3N2O6/c1-19-25(26(37)21-13-9-6-10-14-21)30(31(32,33)34,29(39)36(19)16-15-20-11-7-5-8-12-20)35-28(38)22-17-23(40-2)27(42-4)24(18-22)41-3/h5-14,17-18H,15-16H2,1-4H3,(H,35,38)/t30-/m1/s1. The van der Waals surface area contributed by atoms with E-state index in [0.29, 0.717) is 0 Å². The number of alkyl halides is 3. The van der Waals surface area contributed by atoms with Crippen molar-refractivity contribution in [2.24, 2.45) is 0 Å². The molecule has 4 rings (SSSR count). The zero-order valence-electron chi connectivity index (χ0n) is 23.4. The molecular formula is C31H29F3N2O6. The summed E-state index contributed by atoms with van der Waals surface area (Å²) in [5, 5.41) is 1.91. The normalized spacial score (nSPS) is 16.8. The SMILES string of the molecule is COc1cc(C(=O)N[C@@]2(C(F)(F)F)C(=O)N(CCc3ccccc3)C(C)=C2C(=O)c2ccccc2)cc(OC)c1OC. The van der Waals surface area contributed by atoms with Gasteiger partial charge in [-0.25, -0.2) is 0 Å². The molecular weight excluding hydrogens is 553 g/mol. The molecule has 0 unspecified atom stereocenters. The van der Waals surface area contributed by atoms with E-state index in [4.69, 9.17) is 14.2 Å². The van der Waals surface area contributed by atoms with Crippen molar-refractivity contribution >= 4 is 17.6 Å². The molecule has 0 aromatic heterocycles. The highest BCUT2D eigenvalue weighted by Gasteiger charge is 2.70. The van der Waals surface area contributed by atoms with Crippen molar-refractivity contribution in [3.63, 3.8) is 0 Å². The van der Waals surface area contributed by atoms with Gasteiger partial charge in [0.15, 0.2) is 17.3 Å². The summed E-state index contributed by atoms with van der Waals surface area (Å²) in [7, 11) is 3.89. The Morgan fingerprint density at radius 2 is 1.40 bits per heavy atom. The molecule has 0 saturated carbocycles. The van der Waals surface area contributed by atoms with Crippen LogP contribution in [0.5, 0.6) is 17.2 Å². The molecule has 1 N–H and O–H groups in total. The summed E-state index contributed by atoms with van der Waals surface area (Å²) >= 11 is 0. The van der Waals surface area contributed by atoms with Gasteiger partial charge >= 0.3 is 6.18 Å². The number of ketones is 1. The van der Waals surface area contributed by atoms with Gasteiger partial charge in [0.1, 0.15) is 0 Å². The molecule has 3 aromatic rings. The van der Waals surface area contributed by atoms with E-state index in [2.05, 4.69) is 0 Å². The summed E-state index contributed by atoms with van der Waals surface area (Å²) < 4.78 is 61.5. The fourth-order valence-electron chi connectivity index (χ4n) is 5.00. The molecule has 1 heterocycles. The Kier molecular flexibility index (Phi) is 8.60. The fraction of sp³-hybridized carbons (Fsp3) is 0.258.